The first-order valence-electron chi connectivity index (χ1n) is 8.56. The SMILES string of the molecule is CC(=O)O.CN1CCN(c2cc(NC3CCOCC3)nc(N)n2)CC1. The Morgan fingerprint density at radius 2 is 1.88 bits per heavy atom. The van der Waals surface area contributed by atoms with Crippen LogP contribution in [-0.4, -0.2) is 78.4 Å². The van der Waals surface area contributed by atoms with E-state index in [1.54, 1.807) is 0 Å². The molecule has 0 saturated carbocycles. The van der Waals surface area contributed by atoms with Crippen LogP contribution in [0.25, 0.3) is 0 Å². The maximum atomic E-state index is 9.00. The highest BCUT2D eigenvalue weighted by Gasteiger charge is 2.18. The number of ether oxygens (including phenoxy) is 1. The number of piperazine rings is 1. The zero-order valence-electron chi connectivity index (χ0n) is 14.9. The molecule has 2 saturated heterocycles. The second kappa shape index (κ2) is 9.38. The predicted octanol–water partition coefficient (Wildman–Crippen LogP) is 0.492. The van der Waals surface area contributed by atoms with Gasteiger partial charge in [0.1, 0.15) is 11.6 Å². The number of aromatic nitrogens is 2. The van der Waals surface area contributed by atoms with E-state index in [0.29, 0.717) is 12.0 Å². The zero-order chi connectivity index (χ0) is 18.2. The van der Waals surface area contributed by atoms with Gasteiger partial charge in [0.05, 0.1) is 0 Å². The number of likely N-dealkylation sites (N-methyl/N-ethyl adjacent to an activating group) is 1. The van der Waals surface area contributed by atoms with E-state index in [-0.39, 0.29) is 0 Å². The third-order valence-corrected chi connectivity index (χ3v) is 4.13. The molecule has 9 nitrogen and oxygen atoms in total. The van der Waals surface area contributed by atoms with Gasteiger partial charge in [-0.05, 0) is 19.9 Å². The Morgan fingerprint density at radius 1 is 1.28 bits per heavy atom. The van der Waals surface area contributed by atoms with Crippen molar-refractivity contribution >= 4 is 23.6 Å². The van der Waals surface area contributed by atoms with Crippen LogP contribution in [0, 0.1) is 0 Å². The minimum atomic E-state index is -0.833. The van der Waals surface area contributed by atoms with Crippen molar-refractivity contribution in [1.82, 2.24) is 14.9 Å². The lowest BCUT2D eigenvalue weighted by atomic mass is 10.1. The first-order chi connectivity index (χ1) is 11.9. The topological polar surface area (TPSA) is 117 Å². The van der Waals surface area contributed by atoms with Crippen LogP contribution in [0.3, 0.4) is 0 Å². The Labute approximate surface area is 148 Å². The molecule has 25 heavy (non-hydrogen) atoms. The molecular weight excluding hydrogens is 324 g/mol. The van der Waals surface area contributed by atoms with Gasteiger partial charge in [0.25, 0.3) is 5.97 Å². The van der Waals surface area contributed by atoms with E-state index >= 15 is 0 Å². The summed E-state index contributed by atoms with van der Waals surface area (Å²) in [6, 6.07) is 2.42. The molecule has 3 heterocycles. The molecule has 0 spiro atoms. The lowest BCUT2D eigenvalue weighted by Gasteiger charge is -2.33. The first kappa shape index (κ1) is 19.2. The van der Waals surface area contributed by atoms with Crippen LogP contribution in [0.5, 0.6) is 0 Å². The third kappa shape index (κ3) is 6.71. The summed E-state index contributed by atoms with van der Waals surface area (Å²) in [5, 5.41) is 10.9. The lowest BCUT2D eigenvalue weighted by Crippen LogP contribution is -2.45. The lowest BCUT2D eigenvalue weighted by molar-refractivity contribution is -0.134. The van der Waals surface area contributed by atoms with Gasteiger partial charge in [0.15, 0.2) is 0 Å². The van der Waals surface area contributed by atoms with Gasteiger partial charge in [-0.3, -0.25) is 4.79 Å². The van der Waals surface area contributed by atoms with Crippen molar-refractivity contribution < 1.29 is 14.6 Å². The van der Waals surface area contributed by atoms with Crippen LogP contribution >= 0.6 is 0 Å². The third-order valence-electron chi connectivity index (χ3n) is 4.13. The standard InChI is InChI=1S/C14H24N6O.C2H4O2/c1-19-4-6-20(7-5-19)13-10-12(17-14(15)18-13)16-11-2-8-21-9-3-11;1-2(3)4/h10-11H,2-9H2,1H3,(H3,15,16,17,18);1H3,(H,3,4). The highest BCUT2D eigenvalue weighted by Crippen LogP contribution is 2.20. The number of carbonyl (C=O) groups is 1. The molecule has 4 N–H and O–H groups in total. The number of hydrogen-bond donors (Lipinski definition) is 3. The van der Waals surface area contributed by atoms with Gasteiger partial charge in [0.2, 0.25) is 5.95 Å². The summed E-state index contributed by atoms with van der Waals surface area (Å²) in [6.07, 6.45) is 2.02. The summed E-state index contributed by atoms with van der Waals surface area (Å²) in [7, 11) is 2.14. The van der Waals surface area contributed by atoms with Crippen molar-refractivity contribution in [2.75, 3.05) is 62.4 Å². The molecule has 0 unspecified atom stereocenters. The van der Waals surface area contributed by atoms with Gasteiger partial charge < -0.3 is 30.7 Å². The molecule has 0 aromatic carbocycles. The number of rotatable bonds is 3. The van der Waals surface area contributed by atoms with Crippen LogP contribution in [0.2, 0.25) is 0 Å². The fourth-order valence-corrected chi connectivity index (χ4v) is 2.78. The molecule has 0 amide bonds. The number of carboxylic acids is 1. The number of nitrogens with two attached hydrogens (primary N) is 1. The number of nitrogens with one attached hydrogen (secondary N) is 1. The molecule has 1 aromatic rings. The normalized spacial score (nSPS) is 19.0. The minimum absolute atomic E-state index is 0.334. The maximum Gasteiger partial charge on any atom is 0.300 e. The van der Waals surface area contributed by atoms with Gasteiger partial charge in [-0.15, -0.1) is 0 Å². The molecule has 1 aromatic heterocycles. The van der Waals surface area contributed by atoms with Crippen LogP contribution in [0.1, 0.15) is 19.8 Å². The Morgan fingerprint density at radius 3 is 2.48 bits per heavy atom. The van der Waals surface area contributed by atoms with Gasteiger partial charge in [0, 0.05) is 58.4 Å². The molecule has 2 aliphatic rings. The molecule has 2 fully saturated rings. The van der Waals surface area contributed by atoms with Crippen LogP contribution in [0.4, 0.5) is 17.6 Å². The van der Waals surface area contributed by atoms with E-state index in [9.17, 15) is 0 Å². The number of nitrogens with zero attached hydrogens (tertiary/aromatic N) is 4. The molecule has 2 aliphatic heterocycles. The van der Waals surface area contributed by atoms with E-state index in [0.717, 1.165) is 70.8 Å². The van der Waals surface area contributed by atoms with Crippen molar-refractivity contribution in [3.05, 3.63) is 6.07 Å². The molecule has 3 rings (SSSR count). The molecule has 0 bridgehead atoms. The quantitative estimate of drug-likeness (QED) is 0.714. The Bertz CT molecular complexity index is 553. The van der Waals surface area contributed by atoms with E-state index in [1.165, 1.54) is 0 Å². The van der Waals surface area contributed by atoms with Crippen molar-refractivity contribution in [2.24, 2.45) is 0 Å². The Hall–Kier alpha value is -2.13. The van der Waals surface area contributed by atoms with Crippen LogP contribution in [0.15, 0.2) is 6.07 Å². The molecule has 0 atom stereocenters. The summed E-state index contributed by atoms with van der Waals surface area (Å²) in [6.45, 7) is 6.75. The minimum Gasteiger partial charge on any atom is -0.481 e. The Balaban J connectivity index is 0.000000511. The summed E-state index contributed by atoms with van der Waals surface area (Å²) in [5.41, 5.74) is 5.87. The fourth-order valence-electron chi connectivity index (χ4n) is 2.78. The summed E-state index contributed by atoms with van der Waals surface area (Å²) >= 11 is 0. The average Bonchev–Trinajstić information content (AvgIpc) is 2.55. The smallest absolute Gasteiger partial charge is 0.300 e. The second-order valence-corrected chi connectivity index (χ2v) is 6.31. The van der Waals surface area contributed by atoms with Crippen LogP contribution in [-0.2, 0) is 9.53 Å². The van der Waals surface area contributed by atoms with E-state index in [1.807, 2.05) is 6.07 Å². The van der Waals surface area contributed by atoms with E-state index in [2.05, 4.69) is 32.1 Å². The molecule has 0 radical (unpaired) electrons. The number of hydrogen-bond acceptors (Lipinski definition) is 8. The van der Waals surface area contributed by atoms with E-state index in [4.69, 9.17) is 20.4 Å². The zero-order valence-corrected chi connectivity index (χ0v) is 14.9. The number of aliphatic carboxylic acids is 1. The van der Waals surface area contributed by atoms with Crippen LogP contribution < -0.4 is 16.0 Å². The molecule has 140 valence electrons. The summed E-state index contributed by atoms with van der Waals surface area (Å²) in [4.78, 5) is 22.3. The predicted molar refractivity (Wildman–Crippen MR) is 96.9 cm³/mol. The average molecular weight is 352 g/mol. The van der Waals surface area contributed by atoms with Crippen molar-refractivity contribution in [3.8, 4) is 0 Å². The monoisotopic (exact) mass is 352 g/mol. The molecular formula is C16H28N6O3. The summed E-state index contributed by atoms with van der Waals surface area (Å²) in [5.74, 6) is 1.24. The fraction of sp³-hybridized carbons (Fsp3) is 0.688. The Kier molecular flexibility index (Phi) is 7.20. The summed E-state index contributed by atoms with van der Waals surface area (Å²) < 4.78 is 5.38. The second-order valence-electron chi connectivity index (χ2n) is 6.31. The highest BCUT2D eigenvalue weighted by atomic mass is 16.5. The largest absolute Gasteiger partial charge is 0.481 e. The van der Waals surface area contributed by atoms with Gasteiger partial charge >= 0.3 is 0 Å². The molecule has 9 heteroatoms. The van der Waals surface area contributed by atoms with Gasteiger partial charge in [-0.25, -0.2) is 0 Å². The van der Waals surface area contributed by atoms with Gasteiger partial charge in [-0.1, -0.05) is 0 Å². The highest BCUT2D eigenvalue weighted by molar-refractivity contribution is 5.63. The van der Waals surface area contributed by atoms with Gasteiger partial charge in [-0.2, -0.15) is 9.97 Å². The number of carboxylic acid groups (broad SMARTS) is 1. The number of anilines is 3. The van der Waals surface area contributed by atoms with E-state index < -0.39 is 5.97 Å². The van der Waals surface area contributed by atoms with Crippen molar-refractivity contribution in [2.45, 2.75) is 25.8 Å². The van der Waals surface area contributed by atoms with Crippen molar-refractivity contribution in [1.29, 1.82) is 0 Å². The van der Waals surface area contributed by atoms with Crippen molar-refractivity contribution in [3.63, 3.8) is 0 Å². The number of nitrogen functional groups attached to an aromatic ring is 1. The molecule has 0 aliphatic carbocycles. The maximum absolute atomic E-state index is 9.00. The first-order valence-corrected chi connectivity index (χ1v) is 8.56.